The first-order chi connectivity index (χ1) is 6.68. The molecule has 14 heavy (non-hydrogen) atoms. The summed E-state index contributed by atoms with van der Waals surface area (Å²) in [5.41, 5.74) is 1.56. The van der Waals surface area contributed by atoms with Crippen molar-refractivity contribution in [2.45, 2.75) is 6.92 Å². The third-order valence-corrected chi connectivity index (χ3v) is 2.31. The average molecular weight is 194 g/mol. The molecule has 1 aromatic rings. The number of rotatable bonds is 1. The van der Waals surface area contributed by atoms with E-state index < -0.39 is 0 Å². The van der Waals surface area contributed by atoms with E-state index in [1.165, 1.54) is 12.1 Å². The molecule has 1 aliphatic rings. The van der Waals surface area contributed by atoms with Crippen molar-refractivity contribution in [3.8, 4) is 0 Å². The minimum atomic E-state index is -0.272. The Morgan fingerprint density at radius 1 is 1.50 bits per heavy atom. The molecular formula is C10H11FN2O. The second-order valence-electron chi connectivity index (χ2n) is 3.31. The van der Waals surface area contributed by atoms with Gasteiger partial charge in [0, 0.05) is 18.8 Å². The second kappa shape index (κ2) is 3.29. The largest absolute Gasteiger partial charge is 0.336 e. The Kier molecular flexibility index (Phi) is 2.11. The van der Waals surface area contributed by atoms with Crippen LogP contribution in [0, 0.1) is 12.7 Å². The summed E-state index contributed by atoms with van der Waals surface area (Å²) in [5.74, 6) is -0.272. The molecule has 1 aromatic carbocycles. The molecule has 4 heteroatoms. The van der Waals surface area contributed by atoms with Crippen LogP contribution in [0.25, 0.3) is 0 Å². The SMILES string of the molecule is Cc1cc(F)ccc1N1CCNC1=O. The van der Waals surface area contributed by atoms with Crippen molar-refractivity contribution in [2.24, 2.45) is 0 Å². The number of hydrogen-bond acceptors (Lipinski definition) is 1. The number of anilines is 1. The van der Waals surface area contributed by atoms with E-state index in [1.807, 2.05) is 0 Å². The maximum Gasteiger partial charge on any atom is 0.322 e. The van der Waals surface area contributed by atoms with Crippen LogP contribution in [-0.2, 0) is 0 Å². The van der Waals surface area contributed by atoms with E-state index in [0.29, 0.717) is 13.1 Å². The normalized spacial score (nSPS) is 15.9. The monoisotopic (exact) mass is 194 g/mol. The van der Waals surface area contributed by atoms with E-state index >= 15 is 0 Å². The van der Waals surface area contributed by atoms with Crippen LogP contribution in [-0.4, -0.2) is 19.1 Å². The van der Waals surface area contributed by atoms with Crippen LogP contribution in [0.15, 0.2) is 18.2 Å². The van der Waals surface area contributed by atoms with Gasteiger partial charge in [0.15, 0.2) is 0 Å². The van der Waals surface area contributed by atoms with Gasteiger partial charge in [-0.1, -0.05) is 0 Å². The molecule has 0 spiro atoms. The lowest BCUT2D eigenvalue weighted by Gasteiger charge is -2.16. The lowest BCUT2D eigenvalue weighted by Crippen LogP contribution is -2.28. The van der Waals surface area contributed by atoms with Crippen LogP contribution >= 0.6 is 0 Å². The molecule has 2 rings (SSSR count). The van der Waals surface area contributed by atoms with Crippen LogP contribution < -0.4 is 10.2 Å². The van der Waals surface area contributed by atoms with Crippen LogP contribution in [0.3, 0.4) is 0 Å². The fourth-order valence-electron chi connectivity index (χ4n) is 1.62. The molecule has 74 valence electrons. The van der Waals surface area contributed by atoms with Gasteiger partial charge in [-0.2, -0.15) is 0 Å². The topological polar surface area (TPSA) is 32.3 Å². The van der Waals surface area contributed by atoms with Crippen molar-refractivity contribution in [2.75, 3.05) is 18.0 Å². The molecule has 3 nitrogen and oxygen atoms in total. The number of urea groups is 1. The van der Waals surface area contributed by atoms with E-state index in [4.69, 9.17) is 0 Å². The zero-order valence-corrected chi connectivity index (χ0v) is 7.88. The number of amides is 2. The van der Waals surface area contributed by atoms with Gasteiger partial charge in [-0.3, -0.25) is 4.90 Å². The quantitative estimate of drug-likeness (QED) is 0.724. The number of benzene rings is 1. The molecule has 1 N–H and O–H groups in total. The predicted octanol–water partition coefficient (Wildman–Crippen LogP) is 1.66. The molecule has 0 saturated carbocycles. The van der Waals surface area contributed by atoms with Crippen molar-refractivity contribution in [1.82, 2.24) is 5.32 Å². The first-order valence-corrected chi connectivity index (χ1v) is 4.50. The number of hydrogen-bond donors (Lipinski definition) is 1. The molecular weight excluding hydrogens is 183 g/mol. The van der Waals surface area contributed by atoms with E-state index in [0.717, 1.165) is 11.3 Å². The first-order valence-electron chi connectivity index (χ1n) is 4.50. The Bertz CT molecular complexity index is 378. The van der Waals surface area contributed by atoms with E-state index in [9.17, 15) is 9.18 Å². The maximum atomic E-state index is 12.8. The molecule has 0 atom stereocenters. The minimum absolute atomic E-state index is 0.111. The summed E-state index contributed by atoms with van der Waals surface area (Å²) in [7, 11) is 0. The molecule has 0 unspecified atom stereocenters. The molecule has 0 radical (unpaired) electrons. The van der Waals surface area contributed by atoms with Crippen LogP contribution in [0.5, 0.6) is 0 Å². The highest BCUT2D eigenvalue weighted by Crippen LogP contribution is 2.21. The molecule has 1 aliphatic heterocycles. The lowest BCUT2D eigenvalue weighted by molar-refractivity contribution is 0.252. The van der Waals surface area contributed by atoms with Gasteiger partial charge >= 0.3 is 6.03 Å². The Morgan fingerprint density at radius 3 is 2.86 bits per heavy atom. The molecule has 0 aliphatic carbocycles. The zero-order valence-electron chi connectivity index (χ0n) is 7.88. The van der Waals surface area contributed by atoms with Crippen molar-refractivity contribution < 1.29 is 9.18 Å². The number of carbonyl (C=O) groups is 1. The second-order valence-corrected chi connectivity index (χ2v) is 3.31. The van der Waals surface area contributed by atoms with Gasteiger partial charge in [0.2, 0.25) is 0 Å². The first kappa shape index (κ1) is 8.99. The highest BCUT2D eigenvalue weighted by atomic mass is 19.1. The summed E-state index contributed by atoms with van der Waals surface area (Å²) in [5, 5.41) is 2.70. The Morgan fingerprint density at radius 2 is 2.29 bits per heavy atom. The summed E-state index contributed by atoms with van der Waals surface area (Å²) >= 11 is 0. The van der Waals surface area contributed by atoms with Gasteiger partial charge in [-0.05, 0) is 30.7 Å². The van der Waals surface area contributed by atoms with Crippen LogP contribution in [0.1, 0.15) is 5.56 Å². The maximum absolute atomic E-state index is 12.8. The molecule has 0 bridgehead atoms. The molecule has 1 heterocycles. The van der Waals surface area contributed by atoms with Crippen LogP contribution in [0.4, 0.5) is 14.9 Å². The summed E-state index contributed by atoms with van der Waals surface area (Å²) in [6.07, 6.45) is 0. The van der Waals surface area contributed by atoms with Crippen molar-refractivity contribution in [1.29, 1.82) is 0 Å². The van der Waals surface area contributed by atoms with Crippen molar-refractivity contribution in [3.63, 3.8) is 0 Å². The van der Waals surface area contributed by atoms with Gasteiger partial charge < -0.3 is 5.32 Å². The Hall–Kier alpha value is -1.58. The zero-order chi connectivity index (χ0) is 10.1. The van der Waals surface area contributed by atoms with Gasteiger partial charge in [0.25, 0.3) is 0 Å². The minimum Gasteiger partial charge on any atom is -0.336 e. The number of nitrogens with zero attached hydrogens (tertiary/aromatic N) is 1. The van der Waals surface area contributed by atoms with Crippen molar-refractivity contribution >= 4 is 11.7 Å². The third-order valence-electron chi connectivity index (χ3n) is 2.31. The standard InChI is InChI=1S/C10H11FN2O/c1-7-6-8(11)2-3-9(7)13-5-4-12-10(13)14/h2-3,6H,4-5H2,1H3,(H,12,14). The predicted molar refractivity (Wildman–Crippen MR) is 51.9 cm³/mol. The number of aryl methyl sites for hydroxylation is 1. The lowest BCUT2D eigenvalue weighted by atomic mass is 10.2. The van der Waals surface area contributed by atoms with Gasteiger partial charge in [0.1, 0.15) is 5.82 Å². The molecule has 2 amide bonds. The highest BCUT2D eigenvalue weighted by molar-refractivity contribution is 5.94. The van der Waals surface area contributed by atoms with Gasteiger partial charge in [-0.15, -0.1) is 0 Å². The summed E-state index contributed by atoms with van der Waals surface area (Å²) in [6.45, 7) is 3.09. The smallest absolute Gasteiger partial charge is 0.322 e. The van der Waals surface area contributed by atoms with E-state index in [1.54, 1.807) is 17.9 Å². The molecule has 1 saturated heterocycles. The van der Waals surface area contributed by atoms with E-state index in [-0.39, 0.29) is 11.8 Å². The Balaban J connectivity index is 2.36. The van der Waals surface area contributed by atoms with E-state index in [2.05, 4.69) is 5.32 Å². The number of carbonyl (C=O) groups excluding carboxylic acids is 1. The highest BCUT2D eigenvalue weighted by Gasteiger charge is 2.22. The fourth-order valence-corrected chi connectivity index (χ4v) is 1.62. The van der Waals surface area contributed by atoms with Crippen LogP contribution in [0.2, 0.25) is 0 Å². The van der Waals surface area contributed by atoms with Gasteiger partial charge in [-0.25, -0.2) is 9.18 Å². The van der Waals surface area contributed by atoms with Crippen molar-refractivity contribution in [3.05, 3.63) is 29.6 Å². The molecule has 0 aromatic heterocycles. The number of nitrogens with one attached hydrogen (secondary N) is 1. The summed E-state index contributed by atoms with van der Waals surface area (Å²) in [6, 6.07) is 4.32. The number of halogens is 1. The summed E-state index contributed by atoms with van der Waals surface area (Å²) < 4.78 is 12.8. The summed E-state index contributed by atoms with van der Waals surface area (Å²) in [4.78, 5) is 13.0. The van der Waals surface area contributed by atoms with Gasteiger partial charge in [0.05, 0.1) is 0 Å². The molecule has 1 fully saturated rings. The third kappa shape index (κ3) is 1.43. The Labute approximate surface area is 81.5 Å². The average Bonchev–Trinajstić information content (AvgIpc) is 2.52. The fraction of sp³-hybridized carbons (Fsp3) is 0.300.